The van der Waals surface area contributed by atoms with Gasteiger partial charge in [0.05, 0.1) is 0 Å². The van der Waals surface area contributed by atoms with Gasteiger partial charge in [-0.1, -0.05) is 18.9 Å². The molecule has 0 bridgehead atoms. The molecule has 1 aromatic carbocycles. The molecule has 2 heteroatoms. The quantitative estimate of drug-likeness (QED) is 0.852. The molecule has 0 amide bonds. The van der Waals surface area contributed by atoms with Gasteiger partial charge in [-0.05, 0) is 56.0 Å². The summed E-state index contributed by atoms with van der Waals surface area (Å²) in [6.07, 6.45) is 9.73. The fraction of sp³-hybridized carbons (Fsp3) is 0.412. The number of rotatable bonds is 4. The molecule has 2 nitrogen and oxygen atoms in total. The van der Waals surface area contributed by atoms with Crippen LogP contribution in [0.2, 0.25) is 0 Å². The lowest BCUT2D eigenvalue weighted by Crippen LogP contribution is -2.23. The molecule has 0 radical (unpaired) electrons. The summed E-state index contributed by atoms with van der Waals surface area (Å²) in [4.78, 5) is 0. The van der Waals surface area contributed by atoms with Crippen molar-refractivity contribution in [3.05, 3.63) is 48.8 Å². The van der Waals surface area contributed by atoms with Crippen LogP contribution in [0.15, 0.2) is 48.8 Å². The number of aromatic nitrogens is 1. The van der Waals surface area contributed by atoms with E-state index in [1.54, 1.807) is 0 Å². The molecular formula is C17H22N2. The lowest BCUT2D eigenvalue weighted by atomic mass is 9.99. The van der Waals surface area contributed by atoms with Gasteiger partial charge >= 0.3 is 0 Å². The number of nitrogens with zero attached hydrogens (tertiary/aromatic N) is 1. The molecule has 1 unspecified atom stereocenters. The standard InChI is InChI=1S/C17H22N2/c1-14(15-7-2-3-8-15)18-16-9-6-10-17(13-16)19-11-4-5-12-19/h4-6,9-15,18H,2-3,7-8H2,1H3. The van der Waals surface area contributed by atoms with Crippen molar-refractivity contribution in [2.45, 2.75) is 38.6 Å². The van der Waals surface area contributed by atoms with Gasteiger partial charge in [-0.25, -0.2) is 0 Å². The maximum absolute atomic E-state index is 3.67. The van der Waals surface area contributed by atoms with Crippen molar-refractivity contribution in [3.8, 4) is 5.69 Å². The predicted octanol–water partition coefficient (Wildman–Crippen LogP) is 4.47. The topological polar surface area (TPSA) is 17.0 Å². The normalized spacial score (nSPS) is 17.5. The summed E-state index contributed by atoms with van der Waals surface area (Å²) >= 11 is 0. The van der Waals surface area contributed by atoms with Crippen LogP contribution in [-0.4, -0.2) is 10.6 Å². The molecule has 0 saturated heterocycles. The SMILES string of the molecule is CC(Nc1cccc(-n2cccc2)c1)C1CCCC1. The summed E-state index contributed by atoms with van der Waals surface area (Å²) in [5, 5.41) is 3.67. The van der Waals surface area contributed by atoms with E-state index in [0.29, 0.717) is 6.04 Å². The zero-order valence-corrected chi connectivity index (χ0v) is 11.5. The molecule has 1 saturated carbocycles. The number of anilines is 1. The van der Waals surface area contributed by atoms with Crippen LogP contribution < -0.4 is 5.32 Å². The second-order valence-electron chi connectivity index (χ2n) is 5.62. The van der Waals surface area contributed by atoms with Gasteiger partial charge in [0.25, 0.3) is 0 Å². The molecule has 1 aliphatic rings. The van der Waals surface area contributed by atoms with Gasteiger partial charge in [0.15, 0.2) is 0 Å². The molecule has 1 aromatic heterocycles. The van der Waals surface area contributed by atoms with Crippen LogP contribution in [0.3, 0.4) is 0 Å². The van der Waals surface area contributed by atoms with E-state index in [0.717, 1.165) is 5.92 Å². The minimum absolute atomic E-state index is 0.572. The Morgan fingerprint density at radius 1 is 1.11 bits per heavy atom. The fourth-order valence-corrected chi connectivity index (χ4v) is 3.10. The van der Waals surface area contributed by atoms with Crippen molar-refractivity contribution < 1.29 is 0 Å². The van der Waals surface area contributed by atoms with Crippen molar-refractivity contribution in [1.29, 1.82) is 0 Å². The van der Waals surface area contributed by atoms with Crippen molar-refractivity contribution in [1.82, 2.24) is 4.57 Å². The Morgan fingerprint density at radius 2 is 1.84 bits per heavy atom. The second-order valence-corrected chi connectivity index (χ2v) is 5.62. The first kappa shape index (κ1) is 12.3. The van der Waals surface area contributed by atoms with E-state index >= 15 is 0 Å². The molecule has 0 spiro atoms. The van der Waals surface area contributed by atoms with E-state index in [9.17, 15) is 0 Å². The first-order chi connectivity index (χ1) is 9.33. The van der Waals surface area contributed by atoms with E-state index < -0.39 is 0 Å². The maximum Gasteiger partial charge on any atom is 0.0469 e. The maximum atomic E-state index is 3.67. The minimum Gasteiger partial charge on any atom is -0.382 e. The van der Waals surface area contributed by atoms with Crippen LogP contribution >= 0.6 is 0 Å². The zero-order chi connectivity index (χ0) is 13.1. The summed E-state index contributed by atoms with van der Waals surface area (Å²) in [5.41, 5.74) is 2.44. The van der Waals surface area contributed by atoms with Gasteiger partial charge in [-0.2, -0.15) is 0 Å². The monoisotopic (exact) mass is 254 g/mol. The highest BCUT2D eigenvalue weighted by atomic mass is 15.0. The lowest BCUT2D eigenvalue weighted by molar-refractivity contribution is 0.482. The fourth-order valence-electron chi connectivity index (χ4n) is 3.10. The van der Waals surface area contributed by atoms with E-state index in [4.69, 9.17) is 0 Å². The molecule has 1 heterocycles. The first-order valence-electron chi connectivity index (χ1n) is 7.33. The van der Waals surface area contributed by atoms with Crippen LogP contribution in [0.4, 0.5) is 5.69 Å². The number of benzene rings is 1. The molecule has 0 aliphatic heterocycles. The molecule has 1 N–H and O–H groups in total. The Bertz CT molecular complexity index is 510. The highest BCUT2D eigenvalue weighted by Gasteiger charge is 2.21. The molecular weight excluding hydrogens is 232 g/mol. The molecule has 1 fully saturated rings. The third-order valence-corrected chi connectivity index (χ3v) is 4.25. The molecule has 1 atom stereocenters. The zero-order valence-electron chi connectivity index (χ0n) is 11.5. The average Bonchev–Trinajstić information content (AvgIpc) is 3.13. The molecule has 100 valence electrons. The Labute approximate surface area is 115 Å². The Hall–Kier alpha value is -1.70. The van der Waals surface area contributed by atoms with Gasteiger partial charge in [-0.3, -0.25) is 0 Å². The third kappa shape index (κ3) is 2.83. The van der Waals surface area contributed by atoms with Crippen molar-refractivity contribution in [2.24, 2.45) is 5.92 Å². The minimum atomic E-state index is 0.572. The molecule has 2 aromatic rings. The van der Waals surface area contributed by atoms with E-state index in [1.807, 2.05) is 0 Å². The van der Waals surface area contributed by atoms with Crippen LogP contribution in [0, 0.1) is 5.92 Å². The molecule has 19 heavy (non-hydrogen) atoms. The Morgan fingerprint density at radius 3 is 2.58 bits per heavy atom. The van der Waals surface area contributed by atoms with Crippen molar-refractivity contribution >= 4 is 5.69 Å². The smallest absolute Gasteiger partial charge is 0.0469 e. The highest BCUT2D eigenvalue weighted by molar-refractivity contribution is 5.51. The van der Waals surface area contributed by atoms with Gasteiger partial charge in [-0.15, -0.1) is 0 Å². The number of hydrogen-bond acceptors (Lipinski definition) is 1. The van der Waals surface area contributed by atoms with Crippen LogP contribution in [0.1, 0.15) is 32.6 Å². The average molecular weight is 254 g/mol. The first-order valence-corrected chi connectivity index (χ1v) is 7.33. The Kier molecular flexibility index (Phi) is 3.58. The number of nitrogens with one attached hydrogen (secondary N) is 1. The second kappa shape index (κ2) is 5.52. The summed E-state index contributed by atoms with van der Waals surface area (Å²) in [6, 6.07) is 13.3. The van der Waals surface area contributed by atoms with Gasteiger partial charge in [0.1, 0.15) is 0 Å². The largest absolute Gasteiger partial charge is 0.382 e. The van der Waals surface area contributed by atoms with Crippen LogP contribution in [0.5, 0.6) is 0 Å². The molecule has 3 rings (SSSR count). The van der Waals surface area contributed by atoms with Crippen LogP contribution in [-0.2, 0) is 0 Å². The number of hydrogen-bond donors (Lipinski definition) is 1. The molecule has 1 aliphatic carbocycles. The van der Waals surface area contributed by atoms with E-state index in [-0.39, 0.29) is 0 Å². The van der Waals surface area contributed by atoms with E-state index in [1.165, 1.54) is 37.1 Å². The summed E-state index contributed by atoms with van der Waals surface area (Å²) in [6.45, 7) is 2.32. The van der Waals surface area contributed by atoms with E-state index in [2.05, 4.69) is 65.6 Å². The highest BCUT2D eigenvalue weighted by Crippen LogP contribution is 2.29. The van der Waals surface area contributed by atoms with Crippen molar-refractivity contribution in [2.75, 3.05) is 5.32 Å². The summed E-state index contributed by atoms with van der Waals surface area (Å²) < 4.78 is 2.14. The lowest BCUT2D eigenvalue weighted by Gasteiger charge is -2.22. The summed E-state index contributed by atoms with van der Waals surface area (Å²) in [5.74, 6) is 0.843. The third-order valence-electron chi connectivity index (χ3n) is 4.25. The Balaban J connectivity index is 1.72. The van der Waals surface area contributed by atoms with Crippen LogP contribution in [0.25, 0.3) is 5.69 Å². The predicted molar refractivity (Wildman–Crippen MR) is 80.8 cm³/mol. The van der Waals surface area contributed by atoms with Gasteiger partial charge < -0.3 is 9.88 Å². The van der Waals surface area contributed by atoms with Gasteiger partial charge in [0, 0.05) is 29.8 Å². The summed E-state index contributed by atoms with van der Waals surface area (Å²) in [7, 11) is 0. The van der Waals surface area contributed by atoms with Gasteiger partial charge in [0.2, 0.25) is 0 Å². The van der Waals surface area contributed by atoms with Crippen molar-refractivity contribution in [3.63, 3.8) is 0 Å².